The van der Waals surface area contributed by atoms with Crippen LogP contribution in [0.4, 0.5) is 16.1 Å². The first kappa shape index (κ1) is 12.4. The third-order valence-corrected chi connectivity index (χ3v) is 3.48. The molecule has 0 radical (unpaired) electrons. The molecule has 0 aliphatic rings. The molecule has 2 aromatic rings. The molecule has 1 aromatic heterocycles. The van der Waals surface area contributed by atoms with Gasteiger partial charge >= 0.3 is 6.01 Å². The Hall–Kier alpha value is -2.09. The molecular weight excluding hydrogens is 261 g/mol. The maximum Gasteiger partial charge on any atom is 0.309 e. The lowest BCUT2D eigenvalue weighted by Crippen LogP contribution is -2.15. The molecule has 8 heteroatoms. The number of oxazole rings is 1. The van der Waals surface area contributed by atoms with E-state index in [1.54, 1.807) is 6.92 Å². The Kier molecular flexibility index (Phi) is 2.95. The Labute approximate surface area is 103 Å². The summed E-state index contributed by atoms with van der Waals surface area (Å²) in [6.07, 6.45) is 1.28. The maximum absolute atomic E-state index is 13.0. The van der Waals surface area contributed by atoms with E-state index in [1.165, 1.54) is 12.3 Å². The molecule has 0 fully saturated rings. The van der Waals surface area contributed by atoms with Gasteiger partial charge < -0.3 is 10.2 Å². The second-order valence-electron chi connectivity index (χ2n) is 3.58. The zero-order valence-electron chi connectivity index (χ0n) is 9.34. The fourth-order valence-corrected chi connectivity index (χ4v) is 2.39. The van der Waals surface area contributed by atoms with E-state index in [9.17, 15) is 12.8 Å². The van der Waals surface area contributed by atoms with Gasteiger partial charge in [-0.1, -0.05) is 0 Å². The molecule has 1 heterocycles. The van der Waals surface area contributed by atoms with Gasteiger partial charge in [0.05, 0.1) is 11.4 Å². The van der Waals surface area contributed by atoms with Gasteiger partial charge in [-0.15, -0.1) is 0 Å². The number of benzene rings is 1. The van der Waals surface area contributed by atoms with Gasteiger partial charge in [0.25, 0.3) is 10.0 Å². The molecule has 0 atom stereocenters. The van der Waals surface area contributed by atoms with E-state index in [2.05, 4.69) is 9.71 Å². The number of nitrogens with two attached hydrogens (primary N) is 1. The average molecular weight is 271 g/mol. The van der Waals surface area contributed by atoms with Crippen LogP contribution in [-0.4, -0.2) is 13.4 Å². The number of sulfonamides is 1. The van der Waals surface area contributed by atoms with Crippen LogP contribution in [0.3, 0.4) is 0 Å². The summed E-state index contributed by atoms with van der Waals surface area (Å²) in [7, 11) is -4.02. The monoisotopic (exact) mass is 271 g/mol. The zero-order valence-corrected chi connectivity index (χ0v) is 10.2. The van der Waals surface area contributed by atoms with E-state index >= 15 is 0 Å². The molecule has 0 bridgehead atoms. The van der Waals surface area contributed by atoms with E-state index in [0.717, 1.165) is 12.1 Å². The Bertz CT molecular complexity index is 681. The van der Waals surface area contributed by atoms with E-state index < -0.39 is 15.8 Å². The van der Waals surface area contributed by atoms with Crippen LogP contribution >= 0.6 is 0 Å². The number of nitrogens with one attached hydrogen (secondary N) is 1. The van der Waals surface area contributed by atoms with Crippen molar-refractivity contribution in [1.29, 1.82) is 0 Å². The van der Waals surface area contributed by atoms with Gasteiger partial charge in [-0.2, -0.15) is 4.98 Å². The average Bonchev–Trinajstić information content (AvgIpc) is 2.66. The van der Waals surface area contributed by atoms with Crippen molar-refractivity contribution in [3.8, 4) is 0 Å². The van der Waals surface area contributed by atoms with E-state index in [0.29, 0.717) is 5.69 Å². The molecule has 96 valence electrons. The van der Waals surface area contributed by atoms with Gasteiger partial charge in [-0.3, -0.25) is 0 Å². The van der Waals surface area contributed by atoms with Crippen LogP contribution in [-0.2, 0) is 10.0 Å². The van der Waals surface area contributed by atoms with Crippen molar-refractivity contribution in [1.82, 2.24) is 4.98 Å². The van der Waals surface area contributed by atoms with Crippen molar-refractivity contribution in [2.75, 3.05) is 10.5 Å². The maximum atomic E-state index is 13.0. The number of hydrogen-bond donors (Lipinski definition) is 2. The molecule has 6 nitrogen and oxygen atoms in total. The molecule has 1 aromatic carbocycles. The molecule has 0 aliphatic heterocycles. The van der Waals surface area contributed by atoms with E-state index in [4.69, 9.17) is 10.2 Å². The lowest BCUT2D eigenvalue weighted by Gasteiger charge is -2.07. The second kappa shape index (κ2) is 4.30. The van der Waals surface area contributed by atoms with Crippen molar-refractivity contribution >= 4 is 21.7 Å². The fourth-order valence-electron chi connectivity index (χ4n) is 1.31. The lowest BCUT2D eigenvalue weighted by molar-refractivity contribution is 0.568. The number of anilines is 2. The summed E-state index contributed by atoms with van der Waals surface area (Å²) in [6.45, 7) is 1.64. The van der Waals surface area contributed by atoms with Crippen molar-refractivity contribution in [3.63, 3.8) is 0 Å². The predicted molar refractivity (Wildman–Crippen MR) is 62.9 cm³/mol. The Morgan fingerprint density at radius 3 is 2.78 bits per heavy atom. The summed E-state index contributed by atoms with van der Waals surface area (Å²) in [5.41, 5.74) is 5.95. The number of halogens is 1. The van der Waals surface area contributed by atoms with Gasteiger partial charge in [-0.05, 0) is 25.1 Å². The van der Waals surface area contributed by atoms with Crippen molar-refractivity contribution in [3.05, 3.63) is 36.0 Å². The molecule has 0 unspecified atom stereocenters. The SMILES string of the molecule is Cc1coc(NS(=O)(=O)c2cc(F)ccc2N)n1. The van der Waals surface area contributed by atoms with Crippen LogP contribution in [0.1, 0.15) is 5.69 Å². The highest BCUT2D eigenvalue weighted by molar-refractivity contribution is 7.92. The molecule has 18 heavy (non-hydrogen) atoms. The highest BCUT2D eigenvalue weighted by Gasteiger charge is 2.20. The largest absolute Gasteiger partial charge is 0.431 e. The van der Waals surface area contributed by atoms with Crippen LogP contribution in [0.15, 0.2) is 33.8 Å². The van der Waals surface area contributed by atoms with Gasteiger partial charge in [0.2, 0.25) is 0 Å². The predicted octanol–water partition coefficient (Wildman–Crippen LogP) is 1.51. The molecule has 2 rings (SSSR count). The Morgan fingerprint density at radius 2 is 2.17 bits per heavy atom. The quantitative estimate of drug-likeness (QED) is 0.824. The van der Waals surface area contributed by atoms with Crippen molar-refractivity contribution in [2.45, 2.75) is 11.8 Å². The number of rotatable bonds is 3. The van der Waals surface area contributed by atoms with Crippen LogP contribution < -0.4 is 10.5 Å². The topological polar surface area (TPSA) is 98.2 Å². The minimum Gasteiger partial charge on any atom is -0.431 e. The standard InChI is InChI=1S/C10H10FN3O3S/c1-6-5-17-10(13-6)14-18(15,16)9-4-7(11)2-3-8(9)12/h2-5H,12H2,1H3,(H,13,14). The minimum atomic E-state index is -4.02. The van der Waals surface area contributed by atoms with Gasteiger partial charge in [0.1, 0.15) is 17.0 Å². The third kappa shape index (κ3) is 2.43. The molecule has 0 saturated carbocycles. The van der Waals surface area contributed by atoms with Crippen LogP contribution in [0.25, 0.3) is 0 Å². The summed E-state index contributed by atoms with van der Waals surface area (Å²) in [4.78, 5) is 3.42. The van der Waals surface area contributed by atoms with E-state index in [1.807, 2.05) is 0 Å². The summed E-state index contributed by atoms with van der Waals surface area (Å²) in [5, 5.41) is 0. The number of nitrogen functional groups attached to an aromatic ring is 1. The van der Waals surface area contributed by atoms with Crippen LogP contribution in [0, 0.1) is 12.7 Å². The van der Waals surface area contributed by atoms with Crippen molar-refractivity contribution in [2.24, 2.45) is 0 Å². The summed E-state index contributed by atoms with van der Waals surface area (Å²) < 4.78 is 43.8. The second-order valence-corrected chi connectivity index (χ2v) is 5.23. The lowest BCUT2D eigenvalue weighted by atomic mass is 10.3. The highest BCUT2D eigenvalue weighted by Crippen LogP contribution is 2.22. The zero-order chi connectivity index (χ0) is 13.3. The molecular formula is C10H10FN3O3S. The number of hydrogen-bond acceptors (Lipinski definition) is 5. The first-order valence-corrected chi connectivity index (χ1v) is 6.37. The fraction of sp³-hybridized carbons (Fsp3) is 0.100. The molecule has 0 amide bonds. The van der Waals surface area contributed by atoms with Gasteiger partial charge in [0.15, 0.2) is 0 Å². The third-order valence-electron chi connectivity index (χ3n) is 2.11. The highest BCUT2D eigenvalue weighted by atomic mass is 32.2. The van der Waals surface area contributed by atoms with Crippen LogP contribution in [0.5, 0.6) is 0 Å². The summed E-state index contributed by atoms with van der Waals surface area (Å²) in [6, 6.07) is 2.87. The minimum absolute atomic E-state index is 0.0628. The Morgan fingerprint density at radius 1 is 1.44 bits per heavy atom. The molecule has 0 aliphatic carbocycles. The summed E-state index contributed by atoms with van der Waals surface area (Å²) >= 11 is 0. The molecule has 0 saturated heterocycles. The number of aryl methyl sites for hydroxylation is 1. The smallest absolute Gasteiger partial charge is 0.309 e. The van der Waals surface area contributed by atoms with Gasteiger partial charge in [-0.25, -0.2) is 17.5 Å². The first-order chi connectivity index (χ1) is 8.38. The number of aromatic nitrogens is 1. The molecule has 3 N–H and O–H groups in total. The normalized spacial score (nSPS) is 11.4. The van der Waals surface area contributed by atoms with Crippen LogP contribution in [0.2, 0.25) is 0 Å². The van der Waals surface area contributed by atoms with Crippen molar-refractivity contribution < 1.29 is 17.2 Å². The summed E-state index contributed by atoms with van der Waals surface area (Å²) in [5.74, 6) is -0.701. The molecule has 0 spiro atoms. The first-order valence-electron chi connectivity index (χ1n) is 4.88. The number of nitrogens with zero attached hydrogens (tertiary/aromatic N) is 1. The van der Waals surface area contributed by atoms with Gasteiger partial charge in [0, 0.05) is 0 Å². The van der Waals surface area contributed by atoms with E-state index in [-0.39, 0.29) is 16.6 Å². The Balaban J connectivity index is 2.39.